The largest absolute Gasteiger partial charge is 0.378 e. The van der Waals surface area contributed by atoms with Gasteiger partial charge in [-0.15, -0.1) is 0 Å². The van der Waals surface area contributed by atoms with Gasteiger partial charge in [-0.2, -0.15) is 0 Å². The van der Waals surface area contributed by atoms with Gasteiger partial charge in [-0.3, -0.25) is 0 Å². The van der Waals surface area contributed by atoms with Gasteiger partial charge < -0.3 is 13.9 Å². The van der Waals surface area contributed by atoms with Gasteiger partial charge in [0.2, 0.25) is 0 Å². The van der Waals surface area contributed by atoms with E-state index in [4.69, 9.17) is 4.74 Å². The molecule has 314 valence electrons. The average molecular weight is 829 g/mol. The third-order valence-electron chi connectivity index (χ3n) is 16.4. The van der Waals surface area contributed by atoms with Crippen LogP contribution >= 0.6 is 14.3 Å². The molecule has 0 aliphatic heterocycles. The Balaban J connectivity index is 1.04. The smallest absolute Gasteiger partial charge is 0.153 e. The number of hydrogen-bond acceptors (Lipinski definition) is 3. The highest BCUT2D eigenvalue weighted by molar-refractivity contribution is 7.95. The lowest BCUT2D eigenvalue weighted by Crippen LogP contribution is -2.51. The number of benzene rings is 4. The molecule has 8 rings (SSSR count). The van der Waals surface area contributed by atoms with Crippen LogP contribution in [0.5, 0.6) is 0 Å². The van der Waals surface area contributed by atoms with E-state index in [1.54, 1.807) is 5.57 Å². The highest BCUT2D eigenvalue weighted by atomic mass is 31.2. The van der Waals surface area contributed by atoms with Crippen molar-refractivity contribution in [3.63, 3.8) is 0 Å². The summed E-state index contributed by atoms with van der Waals surface area (Å²) in [6.07, 6.45) is 17.4. The molecule has 0 bridgehead atoms. The lowest BCUT2D eigenvalue weighted by molar-refractivity contribution is -0.0639. The predicted molar refractivity (Wildman–Crippen MR) is 251 cm³/mol. The summed E-state index contributed by atoms with van der Waals surface area (Å²) in [5.41, 5.74) is 2.37. The van der Waals surface area contributed by atoms with Gasteiger partial charge in [-0.1, -0.05) is 187 Å². The van der Waals surface area contributed by atoms with Gasteiger partial charge >= 0.3 is 0 Å². The van der Waals surface area contributed by atoms with Crippen molar-refractivity contribution in [3.05, 3.63) is 133 Å². The second kappa shape index (κ2) is 17.8. The Kier molecular flexibility index (Phi) is 12.9. The van der Waals surface area contributed by atoms with Crippen molar-refractivity contribution in [2.45, 2.75) is 123 Å². The van der Waals surface area contributed by atoms with Crippen LogP contribution in [0.25, 0.3) is 0 Å². The zero-order valence-electron chi connectivity index (χ0n) is 36.6. The number of ether oxygens (including phenoxy) is 1. The van der Waals surface area contributed by atoms with Crippen LogP contribution in [-0.2, 0) is 13.9 Å². The molecule has 0 saturated heterocycles. The normalized spacial score (nSPS) is 28.7. The Hall–Kier alpha value is -2.96. The zero-order valence-corrected chi connectivity index (χ0v) is 38.3. The van der Waals surface area contributed by atoms with E-state index in [2.05, 4.69) is 40.7 Å². The van der Waals surface area contributed by atoms with Crippen LogP contribution in [0.1, 0.15) is 112 Å². The molecule has 5 heteroatoms. The van der Waals surface area contributed by atoms with Gasteiger partial charge in [-0.25, -0.2) is 0 Å². The molecule has 0 radical (unpaired) electrons. The molecular formula is C54H70O3P2. The zero-order chi connectivity index (χ0) is 41.3. The fraction of sp³-hybridized carbons (Fsp3) is 0.519. The molecule has 4 aliphatic carbocycles. The minimum atomic E-state index is -3.50. The maximum atomic E-state index is 16.3. The van der Waals surface area contributed by atoms with Crippen molar-refractivity contribution < 1.29 is 13.9 Å². The lowest BCUT2D eigenvalue weighted by atomic mass is 9.47. The maximum Gasteiger partial charge on any atom is 0.153 e. The van der Waals surface area contributed by atoms with E-state index in [9.17, 15) is 0 Å². The summed E-state index contributed by atoms with van der Waals surface area (Å²) < 4.78 is 39.7. The summed E-state index contributed by atoms with van der Waals surface area (Å²) >= 11 is 0. The molecular weight excluding hydrogens is 759 g/mol. The Morgan fingerprint density at radius 2 is 1.15 bits per heavy atom. The molecule has 0 aromatic heterocycles. The van der Waals surface area contributed by atoms with E-state index in [-0.39, 0.29) is 11.5 Å². The number of allylic oxidation sites excluding steroid dienone is 1. The third kappa shape index (κ3) is 8.01. The fourth-order valence-electron chi connectivity index (χ4n) is 13.3. The molecule has 3 nitrogen and oxygen atoms in total. The Bertz CT molecular complexity index is 1930. The molecule has 3 fully saturated rings. The van der Waals surface area contributed by atoms with Crippen LogP contribution in [0.3, 0.4) is 0 Å². The molecule has 0 amide bonds. The molecule has 0 heterocycles. The van der Waals surface area contributed by atoms with E-state index in [0.717, 1.165) is 69.6 Å². The van der Waals surface area contributed by atoms with Crippen LogP contribution in [-0.4, -0.2) is 18.1 Å². The first kappa shape index (κ1) is 42.7. The van der Waals surface area contributed by atoms with E-state index in [1.807, 2.05) is 121 Å². The van der Waals surface area contributed by atoms with Crippen molar-refractivity contribution >= 4 is 35.5 Å². The van der Waals surface area contributed by atoms with Crippen LogP contribution in [0.15, 0.2) is 133 Å². The van der Waals surface area contributed by atoms with Gasteiger partial charge in [0.05, 0.1) is 11.5 Å². The first-order chi connectivity index (χ1) is 28.5. The van der Waals surface area contributed by atoms with Gasteiger partial charge in [0.1, 0.15) is 0 Å². The van der Waals surface area contributed by atoms with Crippen molar-refractivity contribution in [3.8, 4) is 0 Å². The van der Waals surface area contributed by atoms with Crippen LogP contribution in [0, 0.1) is 46.3 Å². The molecule has 4 aromatic carbocycles. The minimum Gasteiger partial charge on any atom is -0.378 e. The molecule has 3 saturated carbocycles. The summed E-state index contributed by atoms with van der Waals surface area (Å²) in [6, 6.07) is 39.4. The fourth-order valence-corrected chi connectivity index (χ4v) is 22.1. The van der Waals surface area contributed by atoms with Gasteiger partial charge in [-0.05, 0) is 104 Å². The van der Waals surface area contributed by atoms with E-state index < -0.39 is 19.7 Å². The monoisotopic (exact) mass is 828 g/mol. The highest BCUT2D eigenvalue weighted by Gasteiger charge is 2.59. The quantitative estimate of drug-likeness (QED) is 0.0885. The summed E-state index contributed by atoms with van der Waals surface area (Å²) in [5, 5.41) is 2.30. The molecule has 0 N–H and O–H groups in total. The van der Waals surface area contributed by atoms with Crippen molar-refractivity contribution in [2.24, 2.45) is 46.3 Å². The molecule has 0 spiro atoms. The third-order valence-corrected chi connectivity index (χ3v) is 24.8. The van der Waals surface area contributed by atoms with Crippen LogP contribution < -0.4 is 21.2 Å². The van der Waals surface area contributed by atoms with Gasteiger partial charge in [0, 0.05) is 27.8 Å². The summed E-state index contributed by atoms with van der Waals surface area (Å²) in [5.74, 6) is 4.96. The van der Waals surface area contributed by atoms with E-state index in [0.29, 0.717) is 18.4 Å². The number of fused-ring (bicyclic) bond motifs is 5. The molecule has 4 aromatic rings. The highest BCUT2D eigenvalue weighted by Crippen LogP contribution is 2.69. The first-order valence-electron chi connectivity index (χ1n) is 23.2. The minimum absolute atomic E-state index is 0.114. The van der Waals surface area contributed by atoms with Crippen molar-refractivity contribution in [2.75, 3.05) is 6.61 Å². The lowest BCUT2D eigenvalue weighted by Gasteiger charge is -2.58. The summed E-state index contributed by atoms with van der Waals surface area (Å²) in [4.78, 5) is 0. The first-order valence-corrected chi connectivity index (χ1v) is 26.8. The number of rotatable bonds is 15. The van der Waals surface area contributed by atoms with Crippen LogP contribution in [0.4, 0.5) is 0 Å². The van der Waals surface area contributed by atoms with Gasteiger partial charge in [0.25, 0.3) is 0 Å². The summed E-state index contributed by atoms with van der Waals surface area (Å²) in [6.45, 7) is 13.0. The second-order valence-corrected chi connectivity index (χ2v) is 26.3. The summed E-state index contributed by atoms with van der Waals surface area (Å²) in [7, 11) is -6.99. The molecule has 8 atom stereocenters. The van der Waals surface area contributed by atoms with Crippen molar-refractivity contribution in [1.29, 1.82) is 0 Å². The van der Waals surface area contributed by atoms with Gasteiger partial charge in [0.15, 0.2) is 14.3 Å². The molecule has 59 heavy (non-hydrogen) atoms. The van der Waals surface area contributed by atoms with E-state index in [1.165, 1.54) is 57.8 Å². The van der Waals surface area contributed by atoms with Crippen LogP contribution in [0.2, 0.25) is 0 Å². The topological polar surface area (TPSA) is 43.4 Å². The predicted octanol–water partition coefficient (Wildman–Crippen LogP) is 13.2. The van der Waals surface area contributed by atoms with Crippen molar-refractivity contribution in [1.82, 2.24) is 0 Å². The molecule has 4 aliphatic rings. The Morgan fingerprint density at radius 1 is 0.627 bits per heavy atom. The SMILES string of the molecule is CC(C)CCC[C@@H](C)[C@H]1CC[C@H]2[C@@H]3CC=C4C[C@@H](OCCC(P(=O)(c5ccccc5)c5ccccc5)P(=O)(c5ccccc5)c5ccccc5)CC[C@]4(C)[C@H]3CC[C@]12C. The van der Waals surface area contributed by atoms with E-state index >= 15 is 9.13 Å². The standard InChI is InChI=1S/C54H70O3P2/c1-40(2)19-18-20-41(3)49-31-32-50-48-30-29-42-39-43(33-36-53(42,4)51(48)34-37-54(49,50)5)57-38-35-52(58(55,44-21-10-6-11-22-44)45-23-12-7-13-24-45)59(56,46-25-14-8-15-26-46)47-27-16-9-17-28-47/h6-17,21-29,40-41,43,48-52H,18-20,30-39H2,1-5H3/t41-,43+,48+,49-,50+,51+,53+,54-/m1/s1. The Labute approximate surface area is 357 Å². The maximum absolute atomic E-state index is 16.3. The second-order valence-electron chi connectivity index (χ2n) is 20.0. The molecule has 0 unspecified atom stereocenters. The average Bonchev–Trinajstić information content (AvgIpc) is 3.63. The Morgan fingerprint density at radius 3 is 1.66 bits per heavy atom. The number of hydrogen-bond donors (Lipinski definition) is 0.